The lowest BCUT2D eigenvalue weighted by atomic mass is 10.2. The van der Waals surface area contributed by atoms with E-state index < -0.39 is 11.2 Å². The van der Waals surface area contributed by atoms with Gasteiger partial charge in [0.1, 0.15) is 12.4 Å². The van der Waals surface area contributed by atoms with E-state index in [0.29, 0.717) is 23.7 Å². The average Bonchev–Trinajstić information content (AvgIpc) is 3.11. The molecule has 0 bridgehead atoms. The third kappa shape index (κ3) is 4.69. The molecule has 2 heterocycles. The Labute approximate surface area is 180 Å². The maximum absolute atomic E-state index is 12.4. The highest BCUT2D eigenvalue weighted by Gasteiger charge is 2.16. The standard InChI is InChI=1S/C21H29N7O3/c1-6-28(7-2)12-13-31-16-10-8-15(9-11-16)14-22-24-20-23-18-17(25(20)3)19(29)27(5)21(30)26(18)4/h8-11,14H,6-7,12-13H2,1-5H3,(H,23,24). The molecule has 0 unspecified atom stereocenters. The van der Waals surface area contributed by atoms with Crippen LogP contribution < -0.4 is 21.4 Å². The zero-order valence-electron chi connectivity index (χ0n) is 18.6. The van der Waals surface area contributed by atoms with Crippen LogP contribution in [0.3, 0.4) is 0 Å². The van der Waals surface area contributed by atoms with Crippen molar-refractivity contribution in [2.75, 3.05) is 31.7 Å². The summed E-state index contributed by atoms with van der Waals surface area (Å²) in [7, 11) is 4.72. The maximum atomic E-state index is 12.4. The summed E-state index contributed by atoms with van der Waals surface area (Å²) in [6.45, 7) is 7.84. The first-order valence-electron chi connectivity index (χ1n) is 10.2. The summed E-state index contributed by atoms with van der Waals surface area (Å²) in [6.07, 6.45) is 1.65. The van der Waals surface area contributed by atoms with Gasteiger partial charge in [0.2, 0.25) is 5.95 Å². The van der Waals surface area contributed by atoms with Gasteiger partial charge in [0, 0.05) is 27.7 Å². The maximum Gasteiger partial charge on any atom is 0.332 e. The number of hydrazone groups is 1. The minimum absolute atomic E-state index is 0.305. The molecule has 0 aliphatic rings. The molecule has 3 aromatic rings. The number of fused-ring (bicyclic) bond motifs is 1. The molecule has 0 aliphatic carbocycles. The fourth-order valence-electron chi connectivity index (χ4n) is 3.27. The number of benzene rings is 1. The molecule has 0 fully saturated rings. The van der Waals surface area contributed by atoms with Gasteiger partial charge in [-0.05, 0) is 42.9 Å². The number of nitrogens with zero attached hydrogens (tertiary/aromatic N) is 6. The summed E-state index contributed by atoms with van der Waals surface area (Å²) in [6, 6.07) is 7.62. The smallest absolute Gasteiger partial charge is 0.332 e. The number of ether oxygens (including phenoxy) is 1. The summed E-state index contributed by atoms with van der Waals surface area (Å²) in [5.74, 6) is 1.17. The van der Waals surface area contributed by atoms with Gasteiger partial charge in [-0.1, -0.05) is 13.8 Å². The monoisotopic (exact) mass is 427 g/mol. The minimum Gasteiger partial charge on any atom is -0.492 e. The molecule has 1 aromatic carbocycles. The van der Waals surface area contributed by atoms with Gasteiger partial charge in [0.15, 0.2) is 11.2 Å². The van der Waals surface area contributed by atoms with Crippen LogP contribution in [0.25, 0.3) is 11.2 Å². The van der Waals surface area contributed by atoms with E-state index >= 15 is 0 Å². The predicted octanol–water partition coefficient (Wildman–Crippen LogP) is 1.14. The lowest BCUT2D eigenvalue weighted by molar-refractivity contribution is 0.223. The van der Waals surface area contributed by atoms with E-state index in [1.807, 2.05) is 24.3 Å². The zero-order chi connectivity index (χ0) is 22.5. The normalized spacial score (nSPS) is 11.7. The van der Waals surface area contributed by atoms with E-state index in [1.165, 1.54) is 11.6 Å². The van der Waals surface area contributed by atoms with Crippen molar-refractivity contribution in [3.63, 3.8) is 0 Å². The number of imidazole rings is 1. The van der Waals surface area contributed by atoms with Gasteiger partial charge in [-0.25, -0.2) is 10.2 Å². The zero-order valence-corrected chi connectivity index (χ0v) is 18.6. The quantitative estimate of drug-likeness (QED) is 0.406. The summed E-state index contributed by atoms with van der Waals surface area (Å²) < 4.78 is 9.77. The number of likely N-dealkylation sites (N-methyl/N-ethyl adjacent to an activating group) is 1. The SMILES string of the molecule is CCN(CC)CCOc1ccc(C=NNc2nc3c(c(=O)n(C)c(=O)n3C)n2C)cc1. The van der Waals surface area contributed by atoms with E-state index in [9.17, 15) is 9.59 Å². The van der Waals surface area contributed by atoms with E-state index in [-0.39, 0.29) is 0 Å². The second kappa shape index (κ2) is 9.61. The van der Waals surface area contributed by atoms with Crippen molar-refractivity contribution in [2.45, 2.75) is 13.8 Å². The van der Waals surface area contributed by atoms with Crippen molar-refractivity contribution < 1.29 is 4.74 Å². The summed E-state index contributed by atoms with van der Waals surface area (Å²) >= 11 is 0. The van der Waals surface area contributed by atoms with Crippen molar-refractivity contribution in [2.24, 2.45) is 26.2 Å². The molecule has 0 radical (unpaired) electrons. The Morgan fingerprint density at radius 2 is 1.74 bits per heavy atom. The Balaban J connectivity index is 1.67. The van der Waals surface area contributed by atoms with Gasteiger partial charge < -0.3 is 14.2 Å². The second-order valence-corrected chi connectivity index (χ2v) is 7.19. The fraction of sp³-hybridized carbons (Fsp3) is 0.429. The molecule has 0 saturated carbocycles. The lowest BCUT2D eigenvalue weighted by Crippen LogP contribution is -2.37. The molecule has 31 heavy (non-hydrogen) atoms. The molecule has 0 spiro atoms. The highest BCUT2D eigenvalue weighted by molar-refractivity contribution is 5.80. The first-order valence-corrected chi connectivity index (χ1v) is 10.2. The molecular formula is C21H29N7O3. The van der Waals surface area contributed by atoms with E-state index in [0.717, 1.165) is 35.5 Å². The van der Waals surface area contributed by atoms with Crippen molar-refractivity contribution in [3.05, 3.63) is 50.7 Å². The van der Waals surface area contributed by atoms with Gasteiger partial charge in [0.25, 0.3) is 5.56 Å². The minimum atomic E-state index is -0.426. The van der Waals surface area contributed by atoms with Gasteiger partial charge in [-0.3, -0.25) is 13.9 Å². The lowest BCUT2D eigenvalue weighted by Gasteiger charge is -2.17. The topological polar surface area (TPSA) is 98.7 Å². The molecule has 1 N–H and O–H groups in total. The van der Waals surface area contributed by atoms with Crippen molar-refractivity contribution in [1.82, 2.24) is 23.6 Å². The Hall–Kier alpha value is -3.40. The number of anilines is 1. The van der Waals surface area contributed by atoms with Crippen LogP contribution in [-0.2, 0) is 21.1 Å². The second-order valence-electron chi connectivity index (χ2n) is 7.19. The summed E-state index contributed by atoms with van der Waals surface area (Å²) in [5, 5.41) is 4.21. The molecule has 3 rings (SSSR count). The van der Waals surface area contributed by atoms with E-state index in [1.54, 1.807) is 24.9 Å². The number of aromatic nitrogens is 4. The van der Waals surface area contributed by atoms with Crippen LogP contribution in [0.1, 0.15) is 19.4 Å². The van der Waals surface area contributed by atoms with Crippen molar-refractivity contribution >= 4 is 23.3 Å². The number of rotatable bonds is 9. The highest BCUT2D eigenvalue weighted by atomic mass is 16.5. The van der Waals surface area contributed by atoms with Crippen LogP contribution in [0.15, 0.2) is 39.0 Å². The highest BCUT2D eigenvalue weighted by Crippen LogP contribution is 2.14. The van der Waals surface area contributed by atoms with Crippen molar-refractivity contribution in [3.8, 4) is 5.75 Å². The Morgan fingerprint density at radius 3 is 2.39 bits per heavy atom. The Bertz CT molecular complexity index is 1180. The van der Waals surface area contributed by atoms with E-state index in [4.69, 9.17) is 4.74 Å². The Kier molecular flexibility index (Phi) is 6.91. The first kappa shape index (κ1) is 22.3. The molecule has 0 saturated heterocycles. The molecule has 0 amide bonds. The summed E-state index contributed by atoms with van der Waals surface area (Å²) in [5.41, 5.74) is 3.53. The molecule has 10 nitrogen and oxygen atoms in total. The number of nitrogens with one attached hydrogen (secondary N) is 1. The van der Waals surface area contributed by atoms with Crippen LogP contribution in [0.2, 0.25) is 0 Å². The van der Waals surface area contributed by atoms with Crippen molar-refractivity contribution in [1.29, 1.82) is 0 Å². The molecule has 10 heteroatoms. The number of hydrogen-bond acceptors (Lipinski definition) is 7. The molecule has 0 atom stereocenters. The van der Waals surface area contributed by atoms with Gasteiger partial charge in [0.05, 0.1) is 6.21 Å². The Morgan fingerprint density at radius 1 is 1.06 bits per heavy atom. The van der Waals surface area contributed by atoms with Gasteiger partial charge in [-0.15, -0.1) is 0 Å². The fourth-order valence-corrected chi connectivity index (χ4v) is 3.27. The molecular weight excluding hydrogens is 398 g/mol. The van der Waals surface area contributed by atoms with Crippen LogP contribution in [-0.4, -0.2) is 56.0 Å². The van der Waals surface area contributed by atoms with Crippen LogP contribution in [0.5, 0.6) is 5.75 Å². The van der Waals surface area contributed by atoms with Crippen LogP contribution in [0, 0.1) is 0 Å². The average molecular weight is 428 g/mol. The van der Waals surface area contributed by atoms with E-state index in [2.05, 4.69) is 34.3 Å². The first-order chi connectivity index (χ1) is 14.9. The molecule has 0 aliphatic heterocycles. The third-order valence-corrected chi connectivity index (χ3v) is 5.30. The van der Waals surface area contributed by atoms with Crippen LogP contribution >= 0.6 is 0 Å². The molecule has 2 aromatic heterocycles. The largest absolute Gasteiger partial charge is 0.492 e. The number of hydrogen-bond donors (Lipinski definition) is 1. The van der Waals surface area contributed by atoms with Gasteiger partial charge in [-0.2, -0.15) is 10.1 Å². The molecule has 166 valence electrons. The van der Waals surface area contributed by atoms with Gasteiger partial charge >= 0.3 is 5.69 Å². The summed E-state index contributed by atoms with van der Waals surface area (Å²) in [4.78, 5) is 31.2. The van der Waals surface area contributed by atoms with Crippen LogP contribution in [0.4, 0.5) is 5.95 Å². The third-order valence-electron chi connectivity index (χ3n) is 5.30. The number of aryl methyl sites for hydroxylation is 2. The predicted molar refractivity (Wildman–Crippen MR) is 122 cm³/mol.